The van der Waals surface area contributed by atoms with Crippen molar-refractivity contribution in [3.63, 3.8) is 0 Å². The minimum absolute atomic E-state index is 0.366. The zero-order valence-corrected chi connectivity index (χ0v) is 5.75. The summed E-state index contributed by atoms with van der Waals surface area (Å²) in [5.41, 5.74) is 0. The summed E-state index contributed by atoms with van der Waals surface area (Å²) >= 11 is 2.52. The zero-order chi connectivity index (χ0) is 7.44. The van der Waals surface area contributed by atoms with Crippen LogP contribution in [0, 0.1) is 0 Å². The van der Waals surface area contributed by atoms with E-state index in [1.165, 1.54) is 0 Å². The summed E-state index contributed by atoms with van der Waals surface area (Å²) in [4.78, 5) is 19.6. The van der Waals surface area contributed by atoms with Gasteiger partial charge in [-0.1, -0.05) is 0 Å². The van der Waals surface area contributed by atoms with Gasteiger partial charge in [-0.15, -0.1) is 0 Å². The molecule has 0 unspecified atom stereocenters. The molecule has 9 heavy (non-hydrogen) atoms. The fourth-order valence-electron chi connectivity index (χ4n) is 0.170. The Morgan fingerprint density at radius 2 is 1.78 bits per heavy atom. The Morgan fingerprint density at radius 3 is 1.89 bits per heavy atom. The summed E-state index contributed by atoms with van der Waals surface area (Å²) in [6, 6.07) is 0. The van der Waals surface area contributed by atoms with Gasteiger partial charge in [0.25, 0.3) is 0 Å². The maximum Gasteiger partial charge on any atom is 0.343 e. The Kier molecular flexibility index (Phi) is 2.94. The lowest BCUT2D eigenvalue weighted by Gasteiger charge is -1.84. The van der Waals surface area contributed by atoms with E-state index in [9.17, 15) is 9.59 Å². The highest BCUT2D eigenvalue weighted by Gasteiger charge is 2.02. The first-order valence-corrected chi connectivity index (χ1v) is 2.66. The van der Waals surface area contributed by atoms with Gasteiger partial charge in [0.05, 0.1) is 0 Å². The summed E-state index contributed by atoms with van der Waals surface area (Å²) in [6.45, 7) is 0. The molecule has 0 saturated heterocycles. The molecule has 0 aliphatic carbocycles. The van der Waals surface area contributed by atoms with E-state index in [1.807, 2.05) is 0 Å². The molecule has 5 heteroatoms. The van der Waals surface area contributed by atoms with Crippen LogP contribution >= 0.6 is 15.9 Å². The fraction of sp³-hybridized carbons (Fsp3) is 0. The molecule has 0 heterocycles. The summed E-state index contributed by atoms with van der Waals surface area (Å²) in [6.07, 6.45) is 0.558. The quantitative estimate of drug-likeness (QED) is 0.626. The van der Waals surface area contributed by atoms with Gasteiger partial charge >= 0.3 is 11.9 Å². The van der Waals surface area contributed by atoms with Crippen LogP contribution in [0.25, 0.3) is 0 Å². The van der Waals surface area contributed by atoms with Gasteiger partial charge in [0.2, 0.25) is 0 Å². The second-order valence-corrected chi connectivity index (χ2v) is 1.99. The largest absolute Gasteiger partial charge is 0.478 e. The standard InChI is InChI=1S/C4H3BrO4/c5-2(4(8)9)1-3(6)7/h1H,(H,6,7)(H,8,9). The zero-order valence-electron chi connectivity index (χ0n) is 4.17. The van der Waals surface area contributed by atoms with E-state index >= 15 is 0 Å². The highest BCUT2D eigenvalue weighted by atomic mass is 79.9. The minimum atomic E-state index is -1.29. The van der Waals surface area contributed by atoms with Gasteiger partial charge < -0.3 is 10.2 Å². The van der Waals surface area contributed by atoms with Crippen LogP contribution in [0.3, 0.4) is 0 Å². The highest BCUT2D eigenvalue weighted by molar-refractivity contribution is 9.12. The number of halogens is 1. The van der Waals surface area contributed by atoms with Crippen LogP contribution in [0.5, 0.6) is 0 Å². The average molecular weight is 195 g/mol. The lowest BCUT2D eigenvalue weighted by molar-refractivity contribution is -0.134. The van der Waals surface area contributed by atoms with Crippen LogP contribution in [-0.4, -0.2) is 22.2 Å². The van der Waals surface area contributed by atoms with Gasteiger partial charge in [0.15, 0.2) is 0 Å². The van der Waals surface area contributed by atoms with E-state index in [1.54, 1.807) is 0 Å². The predicted molar refractivity (Wildman–Crippen MR) is 32.3 cm³/mol. The Bertz CT molecular complexity index is 171. The van der Waals surface area contributed by atoms with Crippen LogP contribution < -0.4 is 0 Å². The van der Waals surface area contributed by atoms with Crippen molar-refractivity contribution in [2.75, 3.05) is 0 Å². The molecule has 0 saturated carbocycles. The van der Waals surface area contributed by atoms with Gasteiger partial charge in [-0.05, 0) is 15.9 Å². The minimum Gasteiger partial charge on any atom is -0.478 e. The first-order chi connectivity index (χ1) is 4.04. The molecule has 0 atom stereocenters. The molecular weight excluding hydrogens is 192 g/mol. The SMILES string of the molecule is O=C(O)C=C(Br)C(=O)O. The third kappa shape index (κ3) is 3.72. The van der Waals surface area contributed by atoms with E-state index < -0.39 is 11.9 Å². The predicted octanol–water partition coefficient (Wildman–Crippen LogP) is 0.434. The Labute approximate surface area is 58.9 Å². The molecular formula is C4H3BrO4. The maximum atomic E-state index is 9.86. The van der Waals surface area contributed by atoms with E-state index in [0.29, 0.717) is 6.08 Å². The number of carbonyl (C=O) groups is 2. The number of hydrogen-bond donors (Lipinski definition) is 2. The van der Waals surface area contributed by atoms with Crippen LogP contribution in [0.1, 0.15) is 0 Å². The third-order valence-corrected chi connectivity index (χ3v) is 1.02. The van der Waals surface area contributed by atoms with Crippen molar-refractivity contribution >= 4 is 27.9 Å². The number of carboxylic acid groups (broad SMARTS) is 2. The lowest BCUT2D eigenvalue weighted by Crippen LogP contribution is -1.97. The molecule has 0 rings (SSSR count). The van der Waals surface area contributed by atoms with Crippen molar-refractivity contribution < 1.29 is 19.8 Å². The Balaban J connectivity index is 4.17. The second-order valence-electron chi connectivity index (χ2n) is 1.14. The number of carboxylic acids is 2. The Hall–Kier alpha value is -0.840. The molecule has 0 spiro atoms. The highest BCUT2D eigenvalue weighted by Crippen LogP contribution is 2.02. The maximum absolute atomic E-state index is 9.86. The second kappa shape index (κ2) is 3.24. The van der Waals surface area contributed by atoms with Crippen molar-refractivity contribution in [1.82, 2.24) is 0 Å². The first kappa shape index (κ1) is 8.16. The molecule has 0 aliphatic heterocycles. The summed E-state index contributed by atoms with van der Waals surface area (Å²) in [7, 11) is 0. The Morgan fingerprint density at radius 1 is 1.33 bits per heavy atom. The molecule has 0 bridgehead atoms. The van der Waals surface area contributed by atoms with Crippen molar-refractivity contribution in [2.24, 2.45) is 0 Å². The number of hydrogen-bond acceptors (Lipinski definition) is 2. The van der Waals surface area contributed by atoms with E-state index in [0.717, 1.165) is 0 Å². The molecule has 0 aromatic rings. The molecule has 50 valence electrons. The van der Waals surface area contributed by atoms with Crippen molar-refractivity contribution in [3.05, 3.63) is 10.6 Å². The topological polar surface area (TPSA) is 74.6 Å². The van der Waals surface area contributed by atoms with Crippen molar-refractivity contribution in [2.45, 2.75) is 0 Å². The van der Waals surface area contributed by atoms with Crippen LogP contribution in [0.4, 0.5) is 0 Å². The molecule has 0 amide bonds. The monoisotopic (exact) mass is 194 g/mol. The average Bonchev–Trinajstić information content (AvgIpc) is 1.63. The fourth-order valence-corrected chi connectivity index (χ4v) is 0.366. The molecule has 0 aromatic carbocycles. The summed E-state index contributed by atoms with van der Waals surface area (Å²) in [5.74, 6) is -2.58. The van der Waals surface area contributed by atoms with Gasteiger partial charge in [0, 0.05) is 6.08 Å². The molecule has 0 aliphatic rings. The molecule has 0 fully saturated rings. The number of rotatable bonds is 2. The molecule has 4 nitrogen and oxygen atoms in total. The summed E-state index contributed by atoms with van der Waals surface area (Å²) < 4.78 is -0.366. The van der Waals surface area contributed by atoms with Crippen LogP contribution in [0.2, 0.25) is 0 Å². The van der Waals surface area contributed by atoms with E-state index in [2.05, 4.69) is 15.9 Å². The molecule has 0 aromatic heterocycles. The van der Waals surface area contributed by atoms with Crippen molar-refractivity contribution in [3.8, 4) is 0 Å². The normalized spacial score (nSPS) is 11.0. The van der Waals surface area contributed by atoms with Gasteiger partial charge in [-0.2, -0.15) is 0 Å². The van der Waals surface area contributed by atoms with Crippen LogP contribution in [0.15, 0.2) is 10.6 Å². The molecule has 0 radical (unpaired) electrons. The van der Waals surface area contributed by atoms with Gasteiger partial charge in [0.1, 0.15) is 4.48 Å². The lowest BCUT2D eigenvalue weighted by atomic mass is 10.5. The number of aliphatic carboxylic acids is 2. The van der Waals surface area contributed by atoms with Gasteiger partial charge in [-0.3, -0.25) is 0 Å². The summed E-state index contributed by atoms with van der Waals surface area (Å²) in [5, 5.41) is 16.0. The smallest absolute Gasteiger partial charge is 0.343 e. The first-order valence-electron chi connectivity index (χ1n) is 1.87. The van der Waals surface area contributed by atoms with Gasteiger partial charge in [-0.25, -0.2) is 9.59 Å². The van der Waals surface area contributed by atoms with Crippen LogP contribution in [-0.2, 0) is 9.59 Å². The third-order valence-electron chi connectivity index (χ3n) is 0.455. The molecule has 2 N–H and O–H groups in total. The van der Waals surface area contributed by atoms with E-state index in [4.69, 9.17) is 10.2 Å². The van der Waals surface area contributed by atoms with Crippen molar-refractivity contribution in [1.29, 1.82) is 0 Å². The van der Waals surface area contributed by atoms with E-state index in [-0.39, 0.29) is 4.48 Å².